The van der Waals surface area contributed by atoms with E-state index in [0.717, 1.165) is 0 Å². The minimum Gasteiger partial charge on any atom is -0.495 e. The molecule has 0 aliphatic heterocycles. The van der Waals surface area contributed by atoms with Crippen LogP contribution >= 0.6 is 11.6 Å². The summed E-state index contributed by atoms with van der Waals surface area (Å²) in [5, 5.41) is 10.5. The molecule has 0 saturated heterocycles. The number of nitrogens with one attached hydrogen (secondary N) is 1. The second kappa shape index (κ2) is 5.05. The third-order valence-electron chi connectivity index (χ3n) is 2.24. The summed E-state index contributed by atoms with van der Waals surface area (Å²) in [6.07, 6.45) is 1.53. The maximum Gasteiger partial charge on any atom is 0.277 e. The van der Waals surface area contributed by atoms with E-state index in [9.17, 15) is 4.79 Å². The third kappa shape index (κ3) is 2.60. The first-order chi connectivity index (χ1) is 8.60. The quantitative estimate of drug-likeness (QED) is 0.919. The Morgan fingerprint density at radius 3 is 2.83 bits per heavy atom. The van der Waals surface area contributed by atoms with Crippen molar-refractivity contribution in [3.63, 3.8) is 0 Å². The van der Waals surface area contributed by atoms with Crippen LogP contribution in [0.2, 0.25) is 5.02 Å². The van der Waals surface area contributed by atoms with E-state index in [1.165, 1.54) is 18.0 Å². The van der Waals surface area contributed by atoms with Crippen molar-refractivity contribution in [3.8, 4) is 5.75 Å². The molecule has 1 amide bonds. The lowest BCUT2D eigenvalue weighted by atomic mass is 10.3. The largest absolute Gasteiger partial charge is 0.495 e. The zero-order chi connectivity index (χ0) is 13.1. The summed E-state index contributed by atoms with van der Waals surface area (Å²) >= 11 is 5.95. The van der Waals surface area contributed by atoms with Gasteiger partial charge in [-0.15, -0.1) is 5.10 Å². The number of nitrogens with zero attached hydrogens (tertiary/aromatic N) is 3. The molecule has 18 heavy (non-hydrogen) atoms. The number of rotatable bonds is 3. The molecule has 1 N–H and O–H groups in total. The molecule has 94 valence electrons. The maximum absolute atomic E-state index is 11.8. The van der Waals surface area contributed by atoms with Gasteiger partial charge in [0.05, 0.1) is 18.3 Å². The van der Waals surface area contributed by atoms with Crippen molar-refractivity contribution in [2.24, 2.45) is 7.05 Å². The van der Waals surface area contributed by atoms with Gasteiger partial charge in [0.15, 0.2) is 5.69 Å². The third-order valence-corrected chi connectivity index (χ3v) is 2.54. The molecular formula is C11H11ClN4O2. The van der Waals surface area contributed by atoms with Gasteiger partial charge in [0, 0.05) is 12.7 Å². The molecule has 0 aliphatic carbocycles. The monoisotopic (exact) mass is 266 g/mol. The SMILES string of the molecule is COc1ccc(NC(=O)c2cn(C)nn2)cc1Cl. The van der Waals surface area contributed by atoms with Crippen molar-refractivity contribution in [1.29, 1.82) is 0 Å². The van der Waals surface area contributed by atoms with Gasteiger partial charge in [-0.05, 0) is 18.2 Å². The summed E-state index contributed by atoms with van der Waals surface area (Å²) in [6.45, 7) is 0. The Balaban J connectivity index is 2.14. The number of aromatic nitrogens is 3. The number of hydrogen-bond donors (Lipinski definition) is 1. The summed E-state index contributed by atoms with van der Waals surface area (Å²) in [4.78, 5) is 11.8. The lowest BCUT2D eigenvalue weighted by Gasteiger charge is -2.06. The fourth-order valence-electron chi connectivity index (χ4n) is 1.39. The second-order valence-corrected chi connectivity index (χ2v) is 3.99. The highest BCUT2D eigenvalue weighted by Gasteiger charge is 2.11. The van der Waals surface area contributed by atoms with E-state index in [0.29, 0.717) is 16.5 Å². The Hall–Kier alpha value is -2.08. The van der Waals surface area contributed by atoms with Gasteiger partial charge in [-0.1, -0.05) is 16.8 Å². The van der Waals surface area contributed by atoms with Gasteiger partial charge in [-0.3, -0.25) is 9.48 Å². The zero-order valence-electron chi connectivity index (χ0n) is 9.85. The zero-order valence-corrected chi connectivity index (χ0v) is 10.6. The van der Waals surface area contributed by atoms with Crippen molar-refractivity contribution in [3.05, 3.63) is 35.1 Å². The minimum absolute atomic E-state index is 0.240. The predicted octanol–water partition coefficient (Wildman–Crippen LogP) is 1.73. The van der Waals surface area contributed by atoms with Crippen LogP contribution in [0, 0.1) is 0 Å². The van der Waals surface area contributed by atoms with E-state index >= 15 is 0 Å². The first-order valence-corrected chi connectivity index (χ1v) is 5.49. The molecule has 1 aromatic carbocycles. The molecule has 0 fully saturated rings. The Morgan fingerprint density at radius 1 is 1.50 bits per heavy atom. The number of amides is 1. The summed E-state index contributed by atoms with van der Waals surface area (Å²) in [7, 11) is 3.22. The molecule has 1 heterocycles. The number of benzene rings is 1. The van der Waals surface area contributed by atoms with E-state index in [1.54, 1.807) is 25.2 Å². The van der Waals surface area contributed by atoms with Crippen LogP contribution in [0.1, 0.15) is 10.5 Å². The van der Waals surface area contributed by atoms with Gasteiger partial charge >= 0.3 is 0 Å². The van der Waals surface area contributed by atoms with Crippen molar-refractivity contribution < 1.29 is 9.53 Å². The average molecular weight is 267 g/mol. The normalized spacial score (nSPS) is 10.2. The van der Waals surface area contributed by atoms with E-state index in [4.69, 9.17) is 16.3 Å². The predicted molar refractivity (Wildman–Crippen MR) is 67.0 cm³/mol. The van der Waals surface area contributed by atoms with Crippen molar-refractivity contribution in [2.75, 3.05) is 12.4 Å². The molecule has 6 nitrogen and oxygen atoms in total. The summed E-state index contributed by atoms with van der Waals surface area (Å²) in [5.41, 5.74) is 0.806. The summed E-state index contributed by atoms with van der Waals surface area (Å²) in [5.74, 6) is 0.207. The first-order valence-electron chi connectivity index (χ1n) is 5.11. The van der Waals surface area contributed by atoms with Gasteiger partial charge in [0.1, 0.15) is 5.75 Å². The lowest BCUT2D eigenvalue weighted by Crippen LogP contribution is -2.12. The number of carbonyl (C=O) groups is 1. The molecule has 0 unspecified atom stereocenters. The molecule has 0 radical (unpaired) electrons. The number of anilines is 1. The lowest BCUT2D eigenvalue weighted by molar-refractivity contribution is 0.102. The standard InChI is InChI=1S/C11H11ClN4O2/c1-16-6-9(14-15-16)11(17)13-7-3-4-10(18-2)8(12)5-7/h3-6H,1-2H3,(H,13,17). The summed E-state index contributed by atoms with van der Waals surface area (Å²) < 4.78 is 6.48. The number of halogens is 1. The fraction of sp³-hybridized carbons (Fsp3) is 0.182. The second-order valence-electron chi connectivity index (χ2n) is 3.58. The highest BCUT2D eigenvalue weighted by molar-refractivity contribution is 6.32. The molecule has 0 aliphatic rings. The molecule has 0 spiro atoms. The van der Waals surface area contributed by atoms with Crippen LogP contribution < -0.4 is 10.1 Å². The van der Waals surface area contributed by atoms with Crippen molar-refractivity contribution >= 4 is 23.2 Å². The molecule has 0 atom stereocenters. The summed E-state index contributed by atoms with van der Waals surface area (Å²) in [6, 6.07) is 4.97. The number of carbonyl (C=O) groups excluding carboxylic acids is 1. The van der Waals surface area contributed by atoms with Crippen LogP contribution in [-0.2, 0) is 7.05 Å². The smallest absolute Gasteiger partial charge is 0.277 e. The minimum atomic E-state index is -0.343. The number of aryl methyl sites for hydroxylation is 1. The topological polar surface area (TPSA) is 69.0 Å². The van der Waals surface area contributed by atoms with Gasteiger partial charge in [-0.25, -0.2) is 0 Å². The Labute approximate surface area is 109 Å². The molecule has 2 rings (SSSR count). The number of hydrogen-bond acceptors (Lipinski definition) is 4. The van der Waals surface area contributed by atoms with Gasteiger partial charge < -0.3 is 10.1 Å². The van der Waals surface area contributed by atoms with Crippen LogP contribution in [-0.4, -0.2) is 28.0 Å². The van der Waals surface area contributed by atoms with Crippen LogP contribution in [0.5, 0.6) is 5.75 Å². The Bertz CT molecular complexity index is 582. The van der Waals surface area contributed by atoms with E-state index < -0.39 is 0 Å². The fourth-order valence-corrected chi connectivity index (χ4v) is 1.65. The Kier molecular flexibility index (Phi) is 3.47. The maximum atomic E-state index is 11.8. The highest BCUT2D eigenvalue weighted by Crippen LogP contribution is 2.27. The molecule has 0 saturated carbocycles. The van der Waals surface area contributed by atoms with Crippen LogP contribution in [0.3, 0.4) is 0 Å². The van der Waals surface area contributed by atoms with E-state index in [1.807, 2.05) is 0 Å². The molecule has 0 bridgehead atoms. The van der Waals surface area contributed by atoms with Crippen LogP contribution in [0.25, 0.3) is 0 Å². The molecular weight excluding hydrogens is 256 g/mol. The highest BCUT2D eigenvalue weighted by atomic mass is 35.5. The van der Waals surface area contributed by atoms with Gasteiger partial charge in [0.2, 0.25) is 0 Å². The Morgan fingerprint density at radius 2 is 2.28 bits per heavy atom. The number of ether oxygens (including phenoxy) is 1. The van der Waals surface area contributed by atoms with Crippen molar-refractivity contribution in [2.45, 2.75) is 0 Å². The van der Waals surface area contributed by atoms with Gasteiger partial charge in [0.25, 0.3) is 5.91 Å². The van der Waals surface area contributed by atoms with Gasteiger partial charge in [-0.2, -0.15) is 0 Å². The number of methoxy groups -OCH3 is 1. The average Bonchev–Trinajstić information content (AvgIpc) is 2.76. The van der Waals surface area contributed by atoms with Crippen molar-refractivity contribution in [1.82, 2.24) is 15.0 Å². The van der Waals surface area contributed by atoms with E-state index in [-0.39, 0.29) is 11.6 Å². The molecule has 2 aromatic rings. The molecule has 1 aromatic heterocycles. The first kappa shape index (κ1) is 12.4. The van der Waals surface area contributed by atoms with Crippen LogP contribution in [0.4, 0.5) is 5.69 Å². The van der Waals surface area contributed by atoms with E-state index in [2.05, 4.69) is 15.6 Å². The van der Waals surface area contributed by atoms with Crippen LogP contribution in [0.15, 0.2) is 24.4 Å². The molecule has 7 heteroatoms.